The van der Waals surface area contributed by atoms with E-state index in [9.17, 15) is 4.79 Å². The number of benzene rings is 2. The Morgan fingerprint density at radius 2 is 1.94 bits per heavy atom. The van der Waals surface area contributed by atoms with E-state index in [2.05, 4.69) is 20.1 Å². The van der Waals surface area contributed by atoms with Crippen LogP contribution in [0.15, 0.2) is 48.5 Å². The Bertz CT molecular complexity index is 1050. The minimum atomic E-state index is -0.288. The zero-order valence-electron chi connectivity index (χ0n) is 17.9. The summed E-state index contributed by atoms with van der Waals surface area (Å²) in [7, 11) is 3.19. The van der Waals surface area contributed by atoms with Crippen LogP contribution in [-0.2, 0) is 19.5 Å². The normalized spacial score (nSPS) is 13.1. The topological polar surface area (TPSA) is 81.5 Å². The standard InChI is InChI=1S/C23H27N5O3/c1-30-18-10-8-9-17(15-18)28(23(29)24-19-11-5-6-12-20(19)31-2)16-22-26-25-21-13-4-3-7-14-27(21)22/h5-6,8-12,15H,3-4,7,13-14,16H2,1-2H3,(H,24,29). The summed E-state index contributed by atoms with van der Waals surface area (Å²) in [5.74, 6) is 3.03. The molecule has 0 unspecified atom stereocenters. The van der Waals surface area contributed by atoms with Gasteiger partial charge in [0.05, 0.1) is 26.5 Å². The van der Waals surface area contributed by atoms with Crippen molar-refractivity contribution in [2.24, 2.45) is 0 Å². The summed E-state index contributed by atoms with van der Waals surface area (Å²) in [4.78, 5) is 15.1. The van der Waals surface area contributed by atoms with Crippen molar-refractivity contribution >= 4 is 17.4 Å². The fraction of sp³-hybridized carbons (Fsp3) is 0.348. The van der Waals surface area contributed by atoms with Gasteiger partial charge in [0, 0.05) is 24.7 Å². The molecule has 0 fully saturated rings. The monoisotopic (exact) mass is 421 g/mol. The lowest BCUT2D eigenvalue weighted by atomic mass is 10.2. The summed E-state index contributed by atoms with van der Waals surface area (Å²) < 4.78 is 12.9. The highest BCUT2D eigenvalue weighted by Gasteiger charge is 2.23. The molecule has 0 saturated heterocycles. The van der Waals surface area contributed by atoms with Crippen LogP contribution in [0.3, 0.4) is 0 Å². The first kappa shape index (κ1) is 20.7. The number of ether oxygens (including phenoxy) is 2. The van der Waals surface area contributed by atoms with Crippen LogP contribution in [0.2, 0.25) is 0 Å². The van der Waals surface area contributed by atoms with Crippen LogP contribution in [0.5, 0.6) is 11.5 Å². The predicted molar refractivity (Wildman–Crippen MR) is 119 cm³/mol. The third kappa shape index (κ3) is 4.63. The number of aryl methyl sites for hydroxylation is 1. The number of fused-ring (bicyclic) bond motifs is 1. The Labute approximate surface area is 181 Å². The smallest absolute Gasteiger partial charge is 0.326 e. The van der Waals surface area contributed by atoms with Crippen LogP contribution >= 0.6 is 0 Å². The van der Waals surface area contributed by atoms with Crippen molar-refractivity contribution in [1.29, 1.82) is 0 Å². The largest absolute Gasteiger partial charge is 0.497 e. The predicted octanol–water partition coefficient (Wildman–Crippen LogP) is 4.26. The molecule has 0 aliphatic carbocycles. The second kappa shape index (κ2) is 9.51. The molecule has 3 aromatic rings. The van der Waals surface area contributed by atoms with Crippen molar-refractivity contribution in [2.45, 2.75) is 38.8 Å². The summed E-state index contributed by atoms with van der Waals surface area (Å²) in [5.41, 5.74) is 1.31. The van der Waals surface area contributed by atoms with Crippen LogP contribution in [-0.4, -0.2) is 35.0 Å². The average molecular weight is 422 g/mol. The molecule has 1 aliphatic rings. The zero-order chi connectivity index (χ0) is 21.6. The number of amides is 2. The molecule has 2 heterocycles. The first-order chi connectivity index (χ1) is 15.2. The molecule has 2 aromatic carbocycles. The Balaban J connectivity index is 1.66. The molecule has 8 nitrogen and oxygen atoms in total. The third-order valence-electron chi connectivity index (χ3n) is 5.44. The third-order valence-corrected chi connectivity index (χ3v) is 5.44. The number of nitrogens with one attached hydrogen (secondary N) is 1. The maximum Gasteiger partial charge on any atom is 0.326 e. The van der Waals surface area contributed by atoms with Crippen LogP contribution in [0.1, 0.15) is 30.9 Å². The van der Waals surface area contributed by atoms with Gasteiger partial charge in [-0.2, -0.15) is 0 Å². The summed E-state index contributed by atoms with van der Waals surface area (Å²) in [6.45, 7) is 1.17. The fourth-order valence-corrected chi connectivity index (χ4v) is 3.79. The van der Waals surface area contributed by atoms with Gasteiger partial charge in [0.15, 0.2) is 5.82 Å². The first-order valence-electron chi connectivity index (χ1n) is 10.5. The van der Waals surface area contributed by atoms with E-state index in [1.165, 1.54) is 6.42 Å². The number of hydrogen-bond donors (Lipinski definition) is 1. The van der Waals surface area contributed by atoms with E-state index in [4.69, 9.17) is 9.47 Å². The molecule has 8 heteroatoms. The van der Waals surface area contributed by atoms with E-state index in [0.717, 1.165) is 37.5 Å². The lowest BCUT2D eigenvalue weighted by molar-refractivity contribution is 0.256. The van der Waals surface area contributed by atoms with Gasteiger partial charge in [-0.25, -0.2) is 4.79 Å². The highest BCUT2D eigenvalue weighted by molar-refractivity contribution is 6.02. The van der Waals surface area contributed by atoms with Gasteiger partial charge in [0.1, 0.15) is 17.3 Å². The van der Waals surface area contributed by atoms with E-state index in [1.807, 2.05) is 48.5 Å². The molecule has 31 heavy (non-hydrogen) atoms. The van der Waals surface area contributed by atoms with Gasteiger partial charge < -0.3 is 19.4 Å². The van der Waals surface area contributed by atoms with Gasteiger partial charge in [0.25, 0.3) is 0 Å². The van der Waals surface area contributed by atoms with Crippen molar-refractivity contribution < 1.29 is 14.3 Å². The Morgan fingerprint density at radius 1 is 1.06 bits per heavy atom. The van der Waals surface area contributed by atoms with Gasteiger partial charge in [-0.05, 0) is 37.1 Å². The van der Waals surface area contributed by atoms with E-state index in [-0.39, 0.29) is 6.03 Å². The number of methoxy groups -OCH3 is 2. The molecule has 4 rings (SSSR count). The van der Waals surface area contributed by atoms with E-state index >= 15 is 0 Å². The van der Waals surface area contributed by atoms with Gasteiger partial charge in [-0.3, -0.25) is 4.90 Å². The Morgan fingerprint density at radius 3 is 2.77 bits per heavy atom. The van der Waals surface area contributed by atoms with Gasteiger partial charge in [-0.1, -0.05) is 24.6 Å². The highest BCUT2D eigenvalue weighted by Crippen LogP contribution is 2.27. The molecule has 1 aromatic heterocycles. The first-order valence-corrected chi connectivity index (χ1v) is 10.5. The maximum atomic E-state index is 13.4. The summed E-state index contributed by atoms with van der Waals surface area (Å²) in [6, 6.07) is 14.5. The molecule has 0 radical (unpaired) electrons. The van der Waals surface area contributed by atoms with Crippen LogP contribution in [0, 0.1) is 0 Å². The lowest BCUT2D eigenvalue weighted by Crippen LogP contribution is -2.35. The number of hydrogen-bond acceptors (Lipinski definition) is 5. The van der Waals surface area contributed by atoms with Crippen molar-refractivity contribution in [3.8, 4) is 11.5 Å². The summed E-state index contributed by atoms with van der Waals surface area (Å²) in [6.07, 6.45) is 4.30. The molecule has 0 atom stereocenters. The Hall–Kier alpha value is -3.55. The number of carbonyl (C=O) groups is 1. The second-order valence-electron chi connectivity index (χ2n) is 7.41. The molecule has 0 spiro atoms. The van der Waals surface area contributed by atoms with Gasteiger partial charge in [-0.15, -0.1) is 10.2 Å². The summed E-state index contributed by atoms with van der Waals surface area (Å²) >= 11 is 0. The van der Waals surface area contributed by atoms with Crippen molar-refractivity contribution in [1.82, 2.24) is 14.8 Å². The van der Waals surface area contributed by atoms with E-state index in [0.29, 0.717) is 29.4 Å². The van der Waals surface area contributed by atoms with E-state index in [1.54, 1.807) is 19.1 Å². The molecule has 1 aliphatic heterocycles. The molecular formula is C23H27N5O3. The van der Waals surface area contributed by atoms with Crippen molar-refractivity contribution in [2.75, 3.05) is 24.4 Å². The average Bonchev–Trinajstić information content (AvgIpc) is 3.02. The Kier molecular flexibility index (Phi) is 6.35. The molecular weight excluding hydrogens is 394 g/mol. The SMILES string of the molecule is COc1cccc(N(Cc2nnc3n2CCCCC3)C(=O)Nc2ccccc2OC)c1. The number of nitrogens with zero attached hydrogens (tertiary/aromatic N) is 4. The maximum absolute atomic E-state index is 13.4. The zero-order valence-corrected chi connectivity index (χ0v) is 17.9. The number of carbonyl (C=O) groups excluding carboxylic acids is 1. The minimum absolute atomic E-state index is 0.288. The molecule has 0 bridgehead atoms. The molecule has 162 valence electrons. The number of urea groups is 1. The molecule has 1 N–H and O–H groups in total. The minimum Gasteiger partial charge on any atom is -0.497 e. The quantitative estimate of drug-likeness (QED) is 0.643. The van der Waals surface area contributed by atoms with Crippen molar-refractivity contribution in [3.63, 3.8) is 0 Å². The lowest BCUT2D eigenvalue weighted by Gasteiger charge is -2.24. The number of para-hydroxylation sites is 2. The summed E-state index contributed by atoms with van der Waals surface area (Å²) in [5, 5.41) is 11.7. The highest BCUT2D eigenvalue weighted by atomic mass is 16.5. The fourth-order valence-electron chi connectivity index (χ4n) is 3.79. The second-order valence-corrected chi connectivity index (χ2v) is 7.41. The molecule has 0 saturated carbocycles. The van der Waals surface area contributed by atoms with Crippen LogP contribution in [0.4, 0.5) is 16.2 Å². The van der Waals surface area contributed by atoms with Crippen molar-refractivity contribution in [3.05, 3.63) is 60.2 Å². The van der Waals surface area contributed by atoms with Gasteiger partial charge in [0.2, 0.25) is 0 Å². The number of anilines is 2. The van der Waals surface area contributed by atoms with Gasteiger partial charge >= 0.3 is 6.03 Å². The number of aromatic nitrogens is 3. The van der Waals surface area contributed by atoms with E-state index < -0.39 is 0 Å². The van der Waals surface area contributed by atoms with Crippen LogP contribution < -0.4 is 19.7 Å². The van der Waals surface area contributed by atoms with Crippen LogP contribution in [0.25, 0.3) is 0 Å². The number of rotatable bonds is 6. The molecule has 2 amide bonds.